The largest absolute Gasteiger partial charge is 0.354 e. The molecule has 0 saturated carbocycles. The summed E-state index contributed by atoms with van der Waals surface area (Å²) in [5.74, 6) is 0.660. The lowest BCUT2D eigenvalue weighted by Gasteiger charge is -2.22. The van der Waals surface area contributed by atoms with Gasteiger partial charge in [-0.3, -0.25) is 9.79 Å². The molecule has 2 N–H and O–H groups in total. The highest BCUT2D eigenvalue weighted by atomic mass is 35.5. The minimum Gasteiger partial charge on any atom is -0.354 e. The molecule has 134 valence electrons. The Balaban J connectivity index is 1.76. The first-order valence-electron chi connectivity index (χ1n) is 8.07. The van der Waals surface area contributed by atoms with Gasteiger partial charge >= 0.3 is 0 Å². The summed E-state index contributed by atoms with van der Waals surface area (Å²) in [6.45, 7) is 1.84. The lowest BCUT2D eigenvalue weighted by atomic mass is 10.2. The van der Waals surface area contributed by atoms with Crippen molar-refractivity contribution >= 4 is 23.5 Å². The van der Waals surface area contributed by atoms with Crippen LogP contribution >= 0.6 is 11.6 Å². The predicted molar refractivity (Wildman–Crippen MR) is 102 cm³/mol. The van der Waals surface area contributed by atoms with Crippen LogP contribution in [0.15, 0.2) is 47.6 Å². The lowest BCUT2D eigenvalue weighted by Crippen LogP contribution is -2.42. The van der Waals surface area contributed by atoms with Gasteiger partial charge in [0.2, 0.25) is 0 Å². The van der Waals surface area contributed by atoms with Crippen LogP contribution in [0.25, 0.3) is 0 Å². The smallest absolute Gasteiger partial charge is 0.251 e. The van der Waals surface area contributed by atoms with E-state index in [2.05, 4.69) is 26.3 Å². The molecule has 2 aromatic rings. The molecule has 0 spiro atoms. The molecule has 1 amide bonds. The minimum absolute atomic E-state index is 0.120. The number of guanidine groups is 1. The second-order valence-corrected chi connectivity index (χ2v) is 6.14. The summed E-state index contributed by atoms with van der Waals surface area (Å²) in [5, 5.41) is 6.73. The van der Waals surface area contributed by atoms with Crippen LogP contribution in [0, 0.1) is 0 Å². The number of aliphatic imine (C=N–C) groups is 1. The summed E-state index contributed by atoms with van der Waals surface area (Å²) in [7, 11) is 5.75. The van der Waals surface area contributed by atoms with Crippen molar-refractivity contribution in [3.8, 4) is 0 Å². The van der Waals surface area contributed by atoms with Crippen LogP contribution in [0.3, 0.4) is 0 Å². The first-order chi connectivity index (χ1) is 12.0. The highest BCUT2D eigenvalue weighted by molar-refractivity contribution is 6.30. The standard InChI is InChI=1S/C18H24ClN5O/c1-20-18(24(3)13-16-5-4-12-23(16)2)22-11-10-21-17(25)14-6-8-15(19)9-7-14/h4-9,12H,10-11,13H2,1-3H3,(H,20,22)(H,21,25). The summed E-state index contributed by atoms with van der Waals surface area (Å²) in [4.78, 5) is 18.3. The summed E-state index contributed by atoms with van der Waals surface area (Å²) in [6, 6.07) is 10.9. The summed E-state index contributed by atoms with van der Waals surface area (Å²) in [5.41, 5.74) is 1.79. The fourth-order valence-corrected chi connectivity index (χ4v) is 2.54. The second-order valence-electron chi connectivity index (χ2n) is 5.70. The van der Waals surface area contributed by atoms with Gasteiger partial charge in [0.1, 0.15) is 0 Å². The Morgan fingerprint density at radius 1 is 1.20 bits per heavy atom. The van der Waals surface area contributed by atoms with Crippen LogP contribution in [0.2, 0.25) is 5.02 Å². The van der Waals surface area contributed by atoms with Crippen molar-refractivity contribution in [2.24, 2.45) is 12.0 Å². The van der Waals surface area contributed by atoms with Crippen LogP contribution < -0.4 is 10.6 Å². The lowest BCUT2D eigenvalue weighted by molar-refractivity contribution is 0.0954. The molecule has 0 bridgehead atoms. The van der Waals surface area contributed by atoms with E-state index in [0.717, 1.165) is 12.5 Å². The van der Waals surface area contributed by atoms with E-state index in [9.17, 15) is 4.79 Å². The number of carbonyl (C=O) groups is 1. The molecule has 0 aliphatic rings. The average molecular weight is 362 g/mol. The fraction of sp³-hybridized carbons (Fsp3) is 0.333. The normalized spacial score (nSPS) is 11.3. The van der Waals surface area contributed by atoms with Gasteiger partial charge in [0, 0.05) is 56.7 Å². The maximum absolute atomic E-state index is 12.0. The SMILES string of the molecule is CN=C(NCCNC(=O)c1ccc(Cl)cc1)N(C)Cc1cccn1C. The summed E-state index contributed by atoms with van der Waals surface area (Å²) in [6.07, 6.45) is 2.02. The predicted octanol–water partition coefficient (Wildman–Crippen LogP) is 2.12. The zero-order valence-electron chi connectivity index (χ0n) is 14.8. The summed E-state index contributed by atoms with van der Waals surface area (Å²) >= 11 is 5.82. The monoisotopic (exact) mass is 361 g/mol. The van der Waals surface area contributed by atoms with Crippen molar-refractivity contribution in [3.63, 3.8) is 0 Å². The second kappa shape index (κ2) is 9.13. The van der Waals surface area contributed by atoms with Crippen LogP contribution in [0.1, 0.15) is 16.1 Å². The highest BCUT2D eigenvalue weighted by Crippen LogP contribution is 2.09. The highest BCUT2D eigenvalue weighted by Gasteiger charge is 2.08. The van der Waals surface area contributed by atoms with Gasteiger partial charge in [-0.15, -0.1) is 0 Å². The van der Waals surface area contributed by atoms with Crippen LogP contribution in [0.4, 0.5) is 0 Å². The van der Waals surface area contributed by atoms with E-state index < -0.39 is 0 Å². The molecule has 7 heteroatoms. The van der Waals surface area contributed by atoms with Crippen molar-refractivity contribution in [3.05, 3.63) is 58.9 Å². The van der Waals surface area contributed by atoms with E-state index in [1.54, 1.807) is 31.3 Å². The fourth-order valence-electron chi connectivity index (χ4n) is 2.42. The molecule has 2 rings (SSSR count). The third-order valence-electron chi connectivity index (χ3n) is 3.82. The third-order valence-corrected chi connectivity index (χ3v) is 4.08. The average Bonchev–Trinajstić information content (AvgIpc) is 3.00. The van der Waals surface area contributed by atoms with Gasteiger partial charge in [-0.05, 0) is 36.4 Å². The third kappa shape index (κ3) is 5.53. The molecular formula is C18H24ClN5O. The zero-order valence-corrected chi connectivity index (χ0v) is 15.5. The molecule has 0 fully saturated rings. The van der Waals surface area contributed by atoms with Crippen molar-refractivity contribution in [2.75, 3.05) is 27.2 Å². The minimum atomic E-state index is -0.120. The van der Waals surface area contributed by atoms with Gasteiger partial charge in [0.25, 0.3) is 5.91 Å². The number of aryl methyl sites for hydroxylation is 1. The first-order valence-corrected chi connectivity index (χ1v) is 8.45. The van der Waals surface area contributed by atoms with Crippen molar-refractivity contribution in [1.29, 1.82) is 0 Å². The maximum atomic E-state index is 12.0. The number of carbonyl (C=O) groups excluding carboxylic acids is 1. The molecule has 0 aliphatic carbocycles. The number of amides is 1. The van der Waals surface area contributed by atoms with Crippen molar-refractivity contribution in [1.82, 2.24) is 20.1 Å². The Labute approximate surface area is 153 Å². The molecule has 0 unspecified atom stereocenters. The van der Waals surface area contributed by atoms with E-state index in [1.807, 2.05) is 31.3 Å². The molecule has 1 aromatic heterocycles. The van der Waals surface area contributed by atoms with E-state index in [-0.39, 0.29) is 5.91 Å². The number of hydrogen-bond donors (Lipinski definition) is 2. The van der Waals surface area contributed by atoms with Crippen molar-refractivity contribution in [2.45, 2.75) is 6.54 Å². The molecule has 1 heterocycles. The molecule has 0 atom stereocenters. The van der Waals surface area contributed by atoms with Gasteiger partial charge in [-0.2, -0.15) is 0 Å². The van der Waals surface area contributed by atoms with E-state index in [1.165, 1.54) is 5.69 Å². The molecule has 6 nitrogen and oxygen atoms in total. The maximum Gasteiger partial charge on any atom is 0.251 e. The molecule has 0 saturated heterocycles. The quantitative estimate of drug-likeness (QED) is 0.470. The van der Waals surface area contributed by atoms with Crippen molar-refractivity contribution < 1.29 is 4.79 Å². The van der Waals surface area contributed by atoms with E-state index in [0.29, 0.717) is 23.7 Å². The number of aromatic nitrogens is 1. The Hall–Kier alpha value is -2.47. The van der Waals surface area contributed by atoms with Gasteiger partial charge in [0.05, 0.1) is 6.54 Å². The van der Waals surface area contributed by atoms with Crippen LogP contribution in [0.5, 0.6) is 0 Å². The van der Waals surface area contributed by atoms with Gasteiger partial charge in [-0.25, -0.2) is 0 Å². The Kier molecular flexibility index (Phi) is 6.89. The number of benzene rings is 1. The molecule has 1 aromatic carbocycles. The van der Waals surface area contributed by atoms with E-state index in [4.69, 9.17) is 11.6 Å². The number of hydrogen-bond acceptors (Lipinski definition) is 2. The zero-order chi connectivity index (χ0) is 18.2. The molecular weight excluding hydrogens is 338 g/mol. The Bertz CT molecular complexity index is 723. The summed E-state index contributed by atoms with van der Waals surface area (Å²) < 4.78 is 2.08. The molecule has 0 radical (unpaired) electrons. The molecule has 0 aliphatic heterocycles. The topological polar surface area (TPSA) is 61.7 Å². The number of nitrogens with one attached hydrogen (secondary N) is 2. The molecule has 25 heavy (non-hydrogen) atoms. The van der Waals surface area contributed by atoms with E-state index >= 15 is 0 Å². The van der Waals surface area contributed by atoms with Gasteiger partial charge in [-0.1, -0.05) is 11.6 Å². The first kappa shape index (κ1) is 18.9. The Morgan fingerprint density at radius 2 is 1.88 bits per heavy atom. The number of halogens is 1. The van der Waals surface area contributed by atoms with Gasteiger partial charge in [0.15, 0.2) is 5.96 Å². The van der Waals surface area contributed by atoms with Gasteiger partial charge < -0.3 is 20.1 Å². The number of nitrogens with zero attached hydrogens (tertiary/aromatic N) is 3. The van der Waals surface area contributed by atoms with Crippen LogP contribution in [-0.2, 0) is 13.6 Å². The number of rotatable bonds is 6. The van der Waals surface area contributed by atoms with Crippen LogP contribution in [-0.4, -0.2) is 48.5 Å². The Morgan fingerprint density at radius 3 is 2.48 bits per heavy atom.